The highest BCUT2D eigenvalue weighted by molar-refractivity contribution is 7.91. The smallest absolute Gasteiger partial charge is 0.313 e. The number of phenols is 2. The van der Waals surface area contributed by atoms with Gasteiger partial charge in [-0.1, -0.05) is 23.2 Å². The lowest BCUT2D eigenvalue weighted by atomic mass is 10.3. The van der Waals surface area contributed by atoms with Gasteiger partial charge in [-0.05, 0) is 12.1 Å². The van der Waals surface area contributed by atoms with Crippen LogP contribution >= 0.6 is 23.2 Å². The number of phenolic OH excluding ortho intramolecular Hbond substituents is 2. The molecule has 0 aliphatic carbocycles. The van der Waals surface area contributed by atoms with Crippen molar-refractivity contribution in [2.24, 2.45) is 0 Å². The Labute approximate surface area is 149 Å². The van der Waals surface area contributed by atoms with Crippen LogP contribution < -0.4 is 0 Å². The Balaban J connectivity index is 2.86. The van der Waals surface area contributed by atoms with E-state index in [2.05, 4.69) is 0 Å². The average molecular weight is 409 g/mol. The monoisotopic (exact) mass is 408 g/mol. The van der Waals surface area contributed by atoms with Crippen LogP contribution in [0.4, 0.5) is 11.4 Å². The van der Waals surface area contributed by atoms with E-state index < -0.39 is 52.3 Å². The van der Waals surface area contributed by atoms with Crippen LogP contribution in [0.1, 0.15) is 0 Å². The molecule has 2 rings (SSSR count). The lowest BCUT2D eigenvalue weighted by Crippen LogP contribution is -2.05. The molecule has 0 aromatic heterocycles. The first-order valence-corrected chi connectivity index (χ1v) is 8.29. The first kappa shape index (κ1) is 18.7. The van der Waals surface area contributed by atoms with Crippen molar-refractivity contribution in [2.45, 2.75) is 9.79 Å². The average Bonchev–Trinajstić information content (AvgIpc) is 2.50. The van der Waals surface area contributed by atoms with E-state index in [0.29, 0.717) is 12.1 Å². The predicted molar refractivity (Wildman–Crippen MR) is 85.0 cm³/mol. The van der Waals surface area contributed by atoms with Crippen LogP contribution in [-0.2, 0) is 9.84 Å². The minimum atomic E-state index is -4.84. The summed E-state index contributed by atoms with van der Waals surface area (Å²) in [5.41, 5.74) is -2.00. The van der Waals surface area contributed by atoms with Crippen molar-refractivity contribution < 1.29 is 28.5 Å². The van der Waals surface area contributed by atoms with Gasteiger partial charge in [0, 0.05) is 22.2 Å². The molecule has 0 heterocycles. The van der Waals surface area contributed by atoms with Crippen molar-refractivity contribution >= 4 is 44.4 Å². The second-order valence-electron chi connectivity index (χ2n) is 4.56. The molecule has 0 spiro atoms. The van der Waals surface area contributed by atoms with Gasteiger partial charge >= 0.3 is 11.4 Å². The number of halogens is 2. The number of rotatable bonds is 4. The van der Waals surface area contributed by atoms with E-state index in [0.717, 1.165) is 12.1 Å². The van der Waals surface area contributed by atoms with Gasteiger partial charge in [0.05, 0.1) is 9.85 Å². The third-order valence-electron chi connectivity index (χ3n) is 3.01. The van der Waals surface area contributed by atoms with Gasteiger partial charge in [0.2, 0.25) is 21.3 Å². The molecule has 0 aliphatic rings. The van der Waals surface area contributed by atoms with Crippen LogP contribution in [-0.4, -0.2) is 28.5 Å². The minimum Gasteiger partial charge on any atom is -0.501 e. The van der Waals surface area contributed by atoms with Crippen LogP contribution in [0, 0.1) is 20.2 Å². The highest BCUT2D eigenvalue weighted by Gasteiger charge is 2.33. The first-order valence-electron chi connectivity index (χ1n) is 6.05. The fraction of sp³-hybridized carbons (Fsp3) is 0. The Morgan fingerprint density at radius 1 is 0.800 bits per heavy atom. The Kier molecular flexibility index (Phi) is 4.75. The summed E-state index contributed by atoms with van der Waals surface area (Å²) < 4.78 is 25.3. The normalized spacial score (nSPS) is 11.3. The summed E-state index contributed by atoms with van der Waals surface area (Å²) in [4.78, 5) is 17.6. The Bertz CT molecular complexity index is 947. The fourth-order valence-corrected chi connectivity index (χ4v) is 4.00. The molecule has 0 radical (unpaired) electrons. The summed E-state index contributed by atoms with van der Waals surface area (Å²) in [5.74, 6) is -2.48. The maximum atomic E-state index is 12.6. The second-order valence-corrected chi connectivity index (χ2v) is 7.32. The second kappa shape index (κ2) is 6.35. The standard InChI is InChI=1S/C12H6Cl2N2O8S/c13-5-1-7(15(19)20)11(17)9(3-5)25(23,24)10-4-6(14)2-8(12(10)18)16(21)22/h1-4,17-18H. The molecule has 0 atom stereocenters. The number of hydrogen-bond donors (Lipinski definition) is 2. The number of nitro benzene ring substituents is 2. The third-order valence-corrected chi connectivity index (χ3v) is 5.23. The molecular weight excluding hydrogens is 403 g/mol. The molecule has 2 aromatic carbocycles. The number of hydrogen-bond acceptors (Lipinski definition) is 8. The zero-order chi connectivity index (χ0) is 19.1. The largest absolute Gasteiger partial charge is 0.501 e. The molecule has 0 fully saturated rings. The maximum Gasteiger partial charge on any atom is 0.313 e. The van der Waals surface area contributed by atoms with Crippen molar-refractivity contribution in [3.05, 3.63) is 54.5 Å². The van der Waals surface area contributed by atoms with E-state index in [-0.39, 0.29) is 10.0 Å². The van der Waals surface area contributed by atoms with Gasteiger partial charge in [-0.3, -0.25) is 20.2 Å². The topological polar surface area (TPSA) is 161 Å². The van der Waals surface area contributed by atoms with Gasteiger partial charge in [0.1, 0.15) is 9.79 Å². The number of sulfone groups is 1. The lowest BCUT2D eigenvalue weighted by Gasteiger charge is -2.10. The molecule has 25 heavy (non-hydrogen) atoms. The van der Waals surface area contributed by atoms with Crippen molar-refractivity contribution in [2.75, 3.05) is 0 Å². The summed E-state index contributed by atoms with van der Waals surface area (Å²) >= 11 is 11.3. The Hall–Kier alpha value is -2.63. The number of nitro groups is 2. The molecule has 132 valence electrons. The van der Waals surface area contributed by atoms with Gasteiger partial charge in [-0.15, -0.1) is 0 Å². The quantitative estimate of drug-likeness (QED) is 0.575. The van der Waals surface area contributed by atoms with Crippen molar-refractivity contribution in [1.82, 2.24) is 0 Å². The van der Waals surface area contributed by atoms with E-state index in [4.69, 9.17) is 23.2 Å². The van der Waals surface area contributed by atoms with E-state index in [9.17, 15) is 38.9 Å². The number of aromatic hydroxyl groups is 2. The zero-order valence-electron chi connectivity index (χ0n) is 11.7. The highest BCUT2D eigenvalue weighted by Crippen LogP contribution is 2.43. The van der Waals surface area contributed by atoms with Crippen molar-refractivity contribution in [3.63, 3.8) is 0 Å². The first-order chi connectivity index (χ1) is 11.5. The Morgan fingerprint density at radius 2 is 1.12 bits per heavy atom. The zero-order valence-corrected chi connectivity index (χ0v) is 14.0. The maximum absolute atomic E-state index is 12.6. The number of nitrogens with zero attached hydrogens (tertiary/aromatic N) is 2. The predicted octanol–water partition coefficient (Wildman–Crippen LogP) is 3.05. The van der Waals surface area contributed by atoms with Crippen LogP contribution in [0.2, 0.25) is 10.0 Å². The molecule has 0 saturated carbocycles. The summed E-state index contributed by atoms with van der Waals surface area (Å²) in [6, 6.07) is 2.84. The molecule has 2 N–H and O–H groups in total. The summed E-state index contributed by atoms with van der Waals surface area (Å²) in [5, 5.41) is 40.8. The van der Waals surface area contributed by atoms with Crippen LogP contribution in [0.3, 0.4) is 0 Å². The van der Waals surface area contributed by atoms with E-state index in [1.807, 2.05) is 0 Å². The molecule has 0 aliphatic heterocycles. The summed E-state index contributed by atoms with van der Waals surface area (Å²) in [6.07, 6.45) is 0. The number of benzene rings is 2. The SMILES string of the molecule is O=[N+]([O-])c1cc(Cl)cc(S(=O)(=O)c2cc(Cl)cc([N+](=O)[O-])c2O)c1O. The van der Waals surface area contributed by atoms with Gasteiger partial charge in [0.25, 0.3) is 0 Å². The molecule has 10 nitrogen and oxygen atoms in total. The van der Waals surface area contributed by atoms with Crippen LogP contribution in [0.25, 0.3) is 0 Å². The van der Waals surface area contributed by atoms with Gasteiger partial charge < -0.3 is 10.2 Å². The van der Waals surface area contributed by atoms with Crippen molar-refractivity contribution in [1.29, 1.82) is 0 Å². The van der Waals surface area contributed by atoms with Crippen molar-refractivity contribution in [3.8, 4) is 11.5 Å². The summed E-state index contributed by atoms with van der Waals surface area (Å²) in [6.45, 7) is 0. The van der Waals surface area contributed by atoms with Crippen LogP contribution in [0.15, 0.2) is 34.1 Å². The van der Waals surface area contributed by atoms with Crippen LogP contribution in [0.5, 0.6) is 11.5 Å². The molecule has 0 saturated heterocycles. The minimum absolute atomic E-state index is 0.390. The molecule has 2 aromatic rings. The van der Waals surface area contributed by atoms with E-state index >= 15 is 0 Å². The summed E-state index contributed by atoms with van der Waals surface area (Å²) in [7, 11) is -4.84. The molecule has 0 amide bonds. The lowest BCUT2D eigenvalue weighted by molar-refractivity contribution is -0.386. The Morgan fingerprint density at radius 3 is 1.40 bits per heavy atom. The van der Waals surface area contributed by atoms with E-state index in [1.54, 1.807) is 0 Å². The van der Waals surface area contributed by atoms with Gasteiger partial charge in [-0.25, -0.2) is 8.42 Å². The molecule has 0 unspecified atom stereocenters. The fourth-order valence-electron chi connectivity index (χ4n) is 1.93. The van der Waals surface area contributed by atoms with E-state index in [1.165, 1.54) is 0 Å². The molecule has 13 heteroatoms. The van der Waals surface area contributed by atoms with Gasteiger partial charge in [-0.2, -0.15) is 0 Å². The highest BCUT2D eigenvalue weighted by atomic mass is 35.5. The molecule has 0 bridgehead atoms. The third kappa shape index (κ3) is 3.29. The van der Waals surface area contributed by atoms with Gasteiger partial charge in [0.15, 0.2) is 0 Å². The molecular formula is C12H6Cl2N2O8S.